The van der Waals surface area contributed by atoms with Crippen LogP contribution in [0.5, 0.6) is 0 Å². The third-order valence-electron chi connectivity index (χ3n) is 4.59. The van der Waals surface area contributed by atoms with Gasteiger partial charge in [0.15, 0.2) is 0 Å². The molecule has 0 saturated heterocycles. The number of carbonyl (C=O) groups is 2. The lowest BCUT2D eigenvalue weighted by molar-refractivity contribution is -0.132. The number of hydrogen-bond acceptors (Lipinski definition) is 4. The Morgan fingerprint density at radius 2 is 2.16 bits per heavy atom. The number of aryl methyl sites for hydroxylation is 1. The first-order valence-electron chi connectivity index (χ1n) is 8.46. The number of amides is 2. The second kappa shape index (κ2) is 6.84. The molecular formula is C19H20N2O2S2. The molecule has 1 aromatic heterocycles. The van der Waals surface area contributed by atoms with Crippen molar-refractivity contribution in [3.8, 4) is 0 Å². The highest BCUT2D eigenvalue weighted by Gasteiger charge is 2.35. The zero-order valence-electron chi connectivity index (χ0n) is 14.1. The van der Waals surface area contributed by atoms with E-state index in [-0.39, 0.29) is 18.4 Å². The Morgan fingerprint density at radius 1 is 1.32 bits per heavy atom. The number of thiophene rings is 1. The molecule has 0 spiro atoms. The minimum absolute atomic E-state index is 0.0148. The molecule has 1 aliphatic heterocycles. The summed E-state index contributed by atoms with van der Waals surface area (Å²) in [5.41, 5.74) is 3.21. The van der Waals surface area contributed by atoms with E-state index < -0.39 is 0 Å². The maximum atomic E-state index is 13.0. The Hall–Kier alpha value is -1.79. The van der Waals surface area contributed by atoms with Crippen molar-refractivity contribution in [2.24, 2.45) is 0 Å². The number of carbonyl (C=O) groups excluding carboxylic acids is 2. The summed E-state index contributed by atoms with van der Waals surface area (Å²) in [5.74, 6) is 0.457. The van der Waals surface area contributed by atoms with Crippen LogP contribution in [-0.4, -0.2) is 35.1 Å². The van der Waals surface area contributed by atoms with E-state index in [2.05, 4.69) is 17.5 Å². The molecule has 6 heteroatoms. The van der Waals surface area contributed by atoms with Crippen LogP contribution in [0.2, 0.25) is 0 Å². The quantitative estimate of drug-likeness (QED) is 0.804. The number of hydrogen-bond donors (Lipinski definition) is 0. The van der Waals surface area contributed by atoms with Crippen molar-refractivity contribution in [3.63, 3.8) is 0 Å². The van der Waals surface area contributed by atoms with Gasteiger partial charge in [-0.1, -0.05) is 6.07 Å². The molecule has 0 atom stereocenters. The normalized spacial score (nSPS) is 16.7. The molecule has 0 radical (unpaired) electrons. The standard InChI is InChI=1S/C19H20N2O2S2/c1-13-2-5-16-17(8-13)25-12-19(23)21(16)10-18(22)20(15-3-4-15)9-14-6-7-24-11-14/h2,5-8,11,15H,3-4,9-10,12H2,1H3. The minimum Gasteiger partial charge on any atom is -0.334 e. The Morgan fingerprint density at radius 3 is 2.88 bits per heavy atom. The van der Waals surface area contributed by atoms with Gasteiger partial charge in [0.1, 0.15) is 6.54 Å². The molecular weight excluding hydrogens is 352 g/mol. The topological polar surface area (TPSA) is 40.6 Å². The van der Waals surface area contributed by atoms with Crippen LogP contribution >= 0.6 is 23.1 Å². The van der Waals surface area contributed by atoms with Gasteiger partial charge in [-0.05, 0) is 59.9 Å². The highest BCUT2D eigenvalue weighted by Crippen LogP contribution is 2.36. The van der Waals surface area contributed by atoms with Crippen molar-refractivity contribution < 1.29 is 9.59 Å². The first-order chi connectivity index (χ1) is 12.1. The first-order valence-corrected chi connectivity index (χ1v) is 10.4. The van der Waals surface area contributed by atoms with Crippen molar-refractivity contribution in [3.05, 3.63) is 46.2 Å². The predicted molar refractivity (Wildman–Crippen MR) is 102 cm³/mol. The van der Waals surface area contributed by atoms with Crippen molar-refractivity contribution in [2.75, 3.05) is 17.2 Å². The van der Waals surface area contributed by atoms with Crippen molar-refractivity contribution >= 4 is 40.6 Å². The largest absolute Gasteiger partial charge is 0.334 e. The van der Waals surface area contributed by atoms with E-state index in [4.69, 9.17) is 0 Å². The summed E-state index contributed by atoms with van der Waals surface area (Å²) in [6.07, 6.45) is 2.13. The van der Waals surface area contributed by atoms with Gasteiger partial charge in [0.05, 0.1) is 11.4 Å². The van der Waals surface area contributed by atoms with Gasteiger partial charge in [0.25, 0.3) is 0 Å². The first kappa shape index (κ1) is 16.7. The lowest BCUT2D eigenvalue weighted by Crippen LogP contribution is -2.45. The smallest absolute Gasteiger partial charge is 0.243 e. The number of anilines is 1. The van der Waals surface area contributed by atoms with Crippen LogP contribution in [0.4, 0.5) is 5.69 Å². The van der Waals surface area contributed by atoms with Crippen LogP contribution < -0.4 is 4.90 Å². The molecule has 1 aromatic carbocycles. The van der Waals surface area contributed by atoms with Gasteiger partial charge in [-0.25, -0.2) is 0 Å². The highest BCUT2D eigenvalue weighted by atomic mass is 32.2. The molecule has 2 aliphatic rings. The summed E-state index contributed by atoms with van der Waals surface area (Å²) in [4.78, 5) is 30.1. The SMILES string of the molecule is Cc1ccc2c(c1)SCC(=O)N2CC(=O)N(Cc1ccsc1)C1CC1. The highest BCUT2D eigenvalue weighted by molar-refractivity contribution is 8.00. The zero-order valence-corrected chi connectivity index (χ0v) is 15.7. The van der Waals surface area contributed by atoms with Crippen LogP contribution in [0.3, 0.4) is 0 Å². The van der Waals surface area contributed by atoms with Crippen LogP contribution in [-0.2, 0) is 16.1 Å². The molecule has 1 saturated carbocycles. The monoisotopic (exact) mass is 372 g/mol. The third kappa shape index (κ3) is 3.60. The molecule has 2 aromatic rings. The van der Waals surface area contributed by atoms with Crippen LogP contribution in [0.25, 0.3) is 0 Å². The van der Waals surface area contributed by atoms with E-state index in [1.807, 2.05) is 29.3 Å². The van der Waals surface area contributed by atoms with E-state index in [0.717, 1.165) is 23.4 Å². The van der Waals surface area contributed by atoms with Gasteiger partial charge in [-0.3, -0.25) is 9.59 Å². The summed E-state index contributed by atoms with van der Waals surface area (Å²) in [6, 6.07) is 8.45. The average Bonchev–Trinajstić information content (AvgIpc) is 3.31. The molecule has 25 heavy (non-hydrogen) atoms. The lowest BCUT2D eigenvalue weighted by atomic mass is 10.2. The number of benzene rings is 1. The molecule has 4 nitrogen and oxygen atoms in total. The Kier molecular flexibility index (Phi) is 4.56. The fourth-order valence-electron chi connectivity index (χ4n) is 3.10. The summed E-state index contributed by atoms with van der Waals surface area (Å²) in [6.45, 7) is 2.82. The molecule has 0 bridgehead atoms. The summed E-state index contributed by atoms with van der Waals surface area (Å²) >= 11 is 3.21. The molecule has 0 N–H and O–H groups in total. The fourth-order valence-corrected chi connectivity index (χ4v) is 4.79. The molecule has 4 rings (SSSR count). The molecule has 130 valence electrons. The summed E-state index contributed by atoms with van der Waals surface area (Å²) < 4.78 is 0. The van der Waals surface area contributed by atoms with Crippen LogP contribution in [0.15, 0.2) is 39.9 Å². The van der Waals surface area contributed by atoms with Crippen LogP contribution in [0, 0.1) is 6.92 Å². The molecule has 1 fully saturated rings. The van der Waals surface area contributed by atoms with E-state index in [0.29, 0.717) is 18.3 Å². The zero-order chi connectivity index (χ0) is 17.4. The minimum atomic E-state index is 0.0148. The molecule has 0 unspecified atom stereocenters. The maximum absolute atomic E-state index is 13.0. The number of rotatable bonds is 5. The fraction of sp³-hybridized carbons (Fsp3) is 0.368. The third-order valence-corrected chi connectivity index (χ3v) is 6.35. The van der Waals surface area contributed by atoms with E-state index >= 15 is 0 Å². The van der Waals surface area contributed by atoms with E-state index in [1.165, 1.54) is 11.1 Å². The number of fused-ring (bicyclic) bond motifs is 1. The number of thioether (sulfide) groups is 1. The van der Waals surface area contributed by atoms with Crippen LogP contribution in [0.1, 0.15) is 24.0 Å². The van der Waals surface area contributed by atoms with Gasteiger partial charge in [0, 0.05) is 17.5 Å². The van der Waals surface area contributed by atoms with Crippen molar-refractivity contribution in [1.29, 1.82) is 0 Å². The summed E-state index contributed by atoms with van der Waals surface area (Å²) in [5, 5.41) is 4.12. The second-order valence-corrected chi connectivity index (χ2v) is 8.42. The van der Waals surface area contributed by atoms with E-state index in [9.17, 15) is 9.59 Å². The number of nitrogens with zero attached hydrogens (tertiary/aromatic N) is 2. The van der Waals surface area contributed by atoms with Gasteiger partial charge in [0.2, 0.25) is 11.8 Å². The van der Waals surface area contributed by atoms with Gasteiger partial charge in [-0.2, -0.15) is 11.3 Å². The Bertz CT molecular complexity index is 800. The van der Waals surface area contributed by atoms with Crippen molar-refractivity contribution in [1.82, 2.24) is 4.90 Å². The second-order valence-electron chi connectivity index (χ2n) is 6.62. The molecule has 2 amide bonds. The lowest BCUT2D eigenvalue weighted by Gasteiger charge is -2.31. The predicted octanol–water partition coefficient (Wildman–Crippen LogP) is 3.69. The molecule has 1 aliphatic carbocycles. The van der Waals surface area contributed by atoms with Gasteiger partial charge in [-0.15, -0.1) is 11.8 Å². The maximum Gasteiger partial charge on any atom is 0.243 e. The Balaban J connectivity index is 1.54. The van der Waals surface area contributed by atoms with Gasteiger partial charge < -0.3 is 9.80 Å². The Labute approximate surface area is 155 Å². The summed E-state index contributed by atoms with van der Waals surface area (Å²) in [7, 11) is 0. The van der Waals surface area contributed by atoms with Gasteiger partial charge >= 0.3 is 0 Å². The molecule has 2 heterocycles. The van der Waals surface area contributed by atoms with Crippen molar-refractivity contribution in [2.45, 2.75) is 37.2 Å². The average molecular weight is 373 g/mol. The van der Waals surface area contributed by atoms with E-state index in [1.54, 1.807) is 28.0 Å².